The zero-order chi connectivity index (χ0) is 10.6. The summed E-state index contributed by atoms with van der Waals surface area (Å²) in [6, 6.07) is 0. The maximum Gasteiger partial charge on any atom is 0.0350 e. The molecule has 3 heteroatoms. The van der Waals surface area contributed by atoms with E-state index in [2.05, 4.69) is 42.1 Å². The monoisotopic (exact) mass is 273 g/mol. The van der Waals surface area contributed by atoms with Gasteiger partial charge in [-0.25, -0.2) is 0 Å². The van der Waals surface area contributed by atoms with Crippen LogP contribution in [0.15, 0.2) is 9.85 Å². The van der Waals surface area contributed by atoms with Crippen LogP contribution in [0.1, 0.15) is 37.1 Å². The third kappa shape index (κ3) is 1.37. The van der Waals surface area contributed by atoms with Crippen molar-refractivity contribution in [1.29, 1.82) is 0 Å². The van der Waals surface area contributed by atoms with Gasteiger partial charge in [-0.05, 0) is 60.5 Å². The predicted octanol–water partition coefficient (Wildman–Crippen LogP) is 3.59. The van der Waals surface area contributed by atoms with E-state index < -0.39 is 0 Å². The largest absolute Gasteiger partial charge is 0.325 e. The van der Waals surface area contributed by atoms with Crippen LogP contribution in [0, 0.1) is 6.92 Å². The van der Waals surface area contributed by atoms with Crippen molar-refractivity contribution in [2.45, 2.75) is 44.6 Å². The minimum atomic E-state index is -0.104. The van der Waals surface area contributed by atoms with Crippen molar-refractivity contribution < 1.29 is 0 Å². The number of rotatable bonds is 2. The van der Waals surface area contributed by atoms with Crippen molar-refractivity contribution in [3.05, 3.63) is 20.3 Å². The maximum absolute atomic E-state index is 6.27. The molecule has 0 unspecified atom stereocenters. The van der Waals surface area contributed by atoms with Crippen LogP contribution in [0.25, 0.3) is 0 Å². The lowest BCUT2D eigenvalue weighted by atomic mass is 9.83. The van der Waals surface area contributed by atoms with E-state index in [1.165, 1.54) is 27.8 Å². The Morgan fingerprint density at radius 2 is 2.07 bits per heavy atom. The Bertz CT molecular complexity index is 358. The summed E-state index contributed by atoms with van der Waals surface area (Å²) in [4.78, 5) is 1.45. The number of hydrogen-bond acceptors (Lipinski definition) is 2. The first-order valence-electron chi connectivity index (χ1n) is 4.91. The molecule has 2 rings (SSSR count). The van der Waals surface area contributed by atoms with E-state index in [9.17, 15) is 0 Å². The van der Waals surface area contributed by atoms with Gasteiger partial charge < -0.3 is 5.73 Å². The van der Waals surface area contributed by atoms with Gasteiger partial charge in [-0.1, -0.05) is 0 Å². The first-order valence-corrected chi connectivity index (χ1v) is 6.59. The molecule has 1 aliphatic rings. The zero-order valence-corrected chi connectivity index (χ0v) is 11.3. The lowest BCUT2D eigenvalue weighted by molar-refractivity contribution is 0.396. The Balaban J connectivity index is 2.46. The molecular formula is C11H16BrNS. The highest BCUT2D eigenvalue weighted by molar-refractivity contribution is 9.10. The summed E-state index contributed by atoms with van der Waals surface area (Å²) < 4.78 is 1.28. The molecule has 1 aromatic heterocycles. The molecule has 0 radical (unpaired) electrons. The van der Waals surface area contributed by atoms with Crippen molar-refractivity contribution in [2.24, 2.45) is 5.73 Å². The SMILES string of the molecule is Cc1csc(C2(C(C)(C)N)CC2)c1Br. The Labute approximate surface area is 97.8 Å². The molecule has 14 heavy (non-hydrogen) atoms. The number of aryl methyl sites for hydroxylation is 1. The molecule has 1 fully saturated rings. The summed E-state index contributed by atoms with van der Waals surface area (Å²) in [5.74, 6) is 0. The van der Waals surface area contributed by atoms with E-state index in [-0.39, 0.29) is 11.0 Å². The van der Waals surface area contributed by atoms with Crippen LogP contribution in [-0.2, 0) is 5.41 Å². The fourth-order valence-electron chi connectivity index (χ4n) is 2.04. The van der Waals surface area contributed by atoms with Gasteiger partial charge in [0.2, 0.25) is 0 Å². The highest BCUT2D eigenvalue weighted by Gasteiger charge is 2.55. The third-order valence-corrected chi connectivity index (χ3v) is 5.90. The van der Waals surface area contributed by atoms with E-state index in [1.54, 1.807) is 0 Å². The number of halogens is 1. The van der Waals surface area contributed by atoms with Crippen LogP contribution >= 0.6 is 27.3 Å². The molecule has 1 heterocycles. The van der Waals surface area contributed by atoms with Crippen molar-refractivity contribution >= 4 is 27.3 Å². The first-order chi connectivity index (χ1) is 6.38. The molecule has 0 spiro atoms. The Hall–Kier alpha value is 0.140. The predicted molar refractivity (Wildman–Crippen MR) is 65.9 cm³/mol. The van der Waals surface area contributed by atoms with E-state index >= 15 is 0 Å². The second kappa shape index (κ2) is 3.06. The minimum absolute atomic E-state index is 0.104. The summed E-state index contributed by atoms with van der Waals surface area (Å²) in [6.45, 7) is 6.42. The number of hydrogen-bond donors (Lipinski definition) is 1. The lowest BCUT2D eigenvalue weighted by Crippen LogP contribution is -2.45. The van der Waals surface area contributed by atoms with E-state index in [1.807, 2.05) is 11.3 Å². The molecule has 1 saturated carbocycles. The van der Waals surface area contributed by atoms with Gasteiger partial charge in [0.25, 0.3) is 0 Å². The van der Waals surface area contributed by atoms with E-state index in [4.69, 9.17) is 5.73 Å². The highest BCUT2D eigenvalue weighted by atomic mass is 79.9. The van der Waals surface area contributed by atoms with Gasteiger partial charge in [-0.15, -0.1) is 11.3 Å². The molecule has 0 amide bonds. The van der Waals surface area contributed by atoms with Gasteiger partial charge in [0.1, 0.15) is 0 Å². The Morgan fingerprint density at radius 3 is 2.36 bits per heavy atom. The van der Waals surface area contributed by atoms with Gasteiger partial charge in [0, 0.05) is 20.3 Å². The molecule has 0 saturated heterocycles. The van der Waals surface area contributed by atoms with Gasteiger partial charge in [0.05, 0.1) is 0 Å². The van der Waals surface area contributed by atoms with Gasteiger partial charge in [0.15, 0.2) is 0 Å². The van der Waals surface area contributed by atoms with Gasteiger partial charge in [-0.2, -0.15) is 0 Å². The Morgan fingerprint density at radius 1 is 1.50 bits per heavy atom. The van der Waals surface area contributed by atoms with Crippen molar-refractivity contribution in [1.82, 2.24) is 0 Å². The summed E-state index contributed by atoms with van der Waals surface area (Å²) in [5.41, 5.74) is 7.74. The smallest absolute Gasteiger partial charge is 0.0350 e. The second-order valence-electron chi connectivity index (χ2n) is 4.87. The molecule has 78 valence electrons. The number of nitrogens with two attached hydrogens (primary N) is 1. The topological polar surface area (TPSA) is 26.0 Å². The van der Waals surface area contributed by atoms with Crippen LogP contribution < -0.4 is 5.73 Å². The molecule has 0 atom stereocenters. The molecule has 0 aliphatic heterocycles. The van der Waals surface area contributed by atoms with Crippen molar-refractivity contribution in [3.8, 4) is 0 Å². The van der Waals surface area contributed by atoms with Gasteiger partial charge in [-0.3, -0.25) is 0 Å². The van der Waals surface area contributed by atoms with Crippen LogP contribution in [0.4, 0.5) is 0 Å². The summed E-state index contributed by atoms with van der Waals surface area (Å²) in [5, 5.41) is 2.21. The second-order valence-corrected chi connectivity index (χ2v) is 6.54. The summed E-state index contributed by atoms with van der Waals surface area (Å²) >= 11 is 5.52. The molecule has 1 aliphatic carbocycles. The third-order valence-electron chi connectivity index (χ3n) is 3.32. The van der Waals surface area contributed by atoms with Crippen LogP contribution in [0.5, 0.6) is 0 Å². The number of thiophene rings is 1. The Kier molecular flexibility index (Phi) is 2.33. The lowest BCUT2D eigenvalue weighted by Gasteiger charge is -2.30. The molecule has 0 bridgehead atoms. The summed E-state index contributed by atoms with van der Waals surface area (Å²) in [7, 11) is 0. The minimum Gasteiger partial charge on any atom is -0.325 e. The van der Waals surface area contributed by atoms with Crippen LogP contribution in [-0.4, -0.2) is 5.54 Å². The maximum atomic E-state index is 6.27. The first kappa shape index (κ1) is 10.7. The van der Waals surface area contributed by atoms with E-state index in [0.717, 1.165) is 0 Å². The average molecular weight is 274 g/mol. The molecule has 1 aromatic rings. The van der Waals surface area contributed by atoms with Crippen LogP contribution in [0.2, 0.25) is 0 Å². The van der Waals surface area contributed by atoms with E-state index in [0.29, 0.717) is 0 Å². The summed E-state index contributed by atoms with van der Waals surface area (Å²) in [6.07, 6.45) is 2.46. The van der Waals surface area contributed by atoms with Crippen LogP contribution in [0.3, 0.4) is 0 Å². The quantitative estimate of drug-likeness (QED) is 0.876. The molecule has 2 N–H and O–H groups in total. The molecule has 1 nitrogen and oxygen atoms in total. The fraction of sp³-hybridized carbons (Fsp3) is 0.636. The highest BCUT2D eigenvalue weighted by Crippen LogP contribution is 2.58. The molecular weight excluding hydrogens is 258 g/mol. The molecule has 0 aromatic carbocycles. The standard InChI is InChI=1S/C11H16BrNS/c1-7-6-14-9(8(7)12)11(4-5-11)10(2,3)13/h6H,4-5,13H2,1-3H3. The van der Waals surface area contributed by atoms with Crippen molar-refractivity contribution in [3.63, 3.8) is 0 Å². The average Bonchev–Trinajstić information content (AvgIpc) is 2.79. The van der Waals surface area contributed by atoms with Crippen molar-refractivity contribution in [2.75, 3.05) is 0 Å². The normalized spacial score (nSPS) is 19.8. The zero-order valence-electron chi connectivity index (χ0n) is 8.86. The fourth-order valence-corrected chi connectivity index (χ4v) is 4.34. The van der Waals surface area contributed by atoms with Gasteiger partial charge >= 0.3 is 0 Å².